The van der Waals surface area contributed by atoms with Crippen LogP contribution in [0.5, 0.6) is 0 Å². The largest absolute Gasteiger partial charge is 2.00 e. The molecule has 0 spiro atoms. The van der Waals surface area contributed by atoms with E-state index in [0.29, 0.717) is 0 Å². The number of benzene rings is 2. The topological polar surface area (TPSA) is 0 Å². The molecule has 0 amide bonds. The summed E-state index contributed by atoms with van der Waals surface area (Å²) in [5, 5.41) is 2.49. The molecule has 0 saturated heterocycles. The number of aryl methyl sites for hydroxylation is 1. The molecule has 0 heterocycles. The second-order valence-electron chi connectivity index (χ2n) is 2.92. The molecule has 14 heavy (non-hydrogen) atoms. The van der Waals surface area contributed by atoms with Gasteiger partial charge in [0.15, 0.2) is 0 Å². The van der Waals surface area contributed by atoms with Gasteiger partial charge in [-0.2, -0.15) is 0 Å². The fraction of sp³-hybridized carbons (Fsp3) is 0.167. The van der Waals surface area contributed by atoms with Gasteiger partial charge in [0.25, 0.3) is 0 Å². The van der Waals surface area contributed by atoms with Crippen LogP contribution in [0, 0.1) is 6.07 Å². The van der Waals surface area contributed by atoms with E-state index in [0.717, 1.165) is 6.42 Å². The van der Waals surface area contributed by atoms with Gasteiger partial charge in [0, 0.05) is 0 Å². The maximum absolute atomic E-state index is 3.38. The molecule has 0 aliphatic carbocycles. The molecule has 2 aromatic carbocycles. The van der Waals surface area contributed by atoms with E-state index in [2.05, 4.69) is 49.4 Å². The Balaban J connectivity index is 0.000000845. The quantitative estimate of drug-likeness (QED) is 0.493. The van der Waals surface area contributed by atoms with Crippen LogP contribution in [-0.2, 0) is 6.42 Å². The summed E-state index contributed by atoms with van der Waals surface area (Å²) in [6, 6.07) is 16.0. The van der Waals surface area contributed by atoms with Crippen molar-refractivity contribution in [1.82, 2.24) is 0 Å². The molecule has 0 bridgehead atoms. The first-order valence-corrected chi connectivity index (χ1v) is 4.30. The van der Waals surface area contributed by atoms with E-state index in [4.69, 9.17) is 0 Å². The van der Waals surface area contributed by atoms with E-state index in [1.165, 1.54) is 16.3 Å². The van der Waals surface area contributed by atoms with Crippen LogP contribution >= 0.6 is 0 Å². The van der Waals surface area contributed by atoms with Crippen LogP contribution in [0.2, 0.25) is 0 Å². The molecule has 0 nitrogen and oxygen atoms in total. The zero-order chi connectivity index (χ0) is 8.39. The molecule has 0 radical (unpaired) electrons. The molecule has 0 unspecified atom stereocenters. The van der Waals surface area contributed by atoms with Crippen LogP contribution in [0.4, 0.5) is 0 Å². The molecule has 0 fully saturated rings. The molecule has 0 atom stereocenters. The van der Waals surface area contributed by atoms with Gasteiger partial charge in [-0.15, -0.1) is 46.7 Å². The third-order valence-electron chi connectivity index (χ3n) is 2.10. The van der Waals surface area contributed by atoms with Crippen LogP contribution < -0.4 is 17.0 Å². The van der Waals surface area contributed by atoms with Crippen LogP contribution in [0.25, 0.3) is 10.8 Å². The Morgan fingerprint density at radius 1 is 1.07 bits per heavy atom. The average molecular weight is 259 g/mol. The van der Waals surface area contributed by atoms with Crippen molar-refractivity contribution in [2.75, 3.05) is 0 Å². The standard InChI is InChI=1S/C12H11.BrH.Mg/c1-2-10-7-8-11-5-3-4-6-12(11)9-10;;/h3-8H,2H2,1H3;1H;/q-1;;+2/p-1. The van der Waals surface area contributed by atoms with E-state index in [-0.39, 0.29) is 40.0 Å². The van der Waals surface area contributed by atoms with Gasteiger partial charge in [-0.1, -0.05) is 19.1 Å². The maximum atomic E-state index is 3.38. The Morgan fingerprint density at radius 3 is 2.50 bits per heavy atom. The fourth-order valence-corrected chi connectivity index (χ4v) is 1.37. The molecule has 0 aromatic heterocycles. The number of hydrogen-bond acceptors (Lipinski definition) is 0. The maximum Gasteiger partial charge on any atom is 2.00 e. The summed E-state index contributed by atoms with van der Waals surface area (Å²) in [6.07, 6.45) is 1.06. The van der Waals surface area contributed by atoms with Crippen molar-refractivity contribution >= 4 is 33.8 Å². The average Bonchev–Trinajstić information content (AvgIpc) is 2.17. The first-order chi connectivity index (χ1) is 5.90. The normalized spacial score (nSPS) is 8.93. The summed E-state index contributed by atoms with van der Waals surface area (Å²) in [5.74, 6) is 0. The smallest absolute Gasteiger partial charge is 1.00 e. The number of halogens is 1. The minimum Gasteiger partial charge on any atom is -1.00 e. The minimum atomic E-state index is 0. The molecular formula is C12H11BrMg. The number of rotatable bonds is 1. The van der Waals surface area contributed by atoms with Gasteiger partial charge in [0.05, 0.1) is 0 Å². The third-order valence-corrected chi connectivity index (χ3v) is 2.10. The monoisotopic (exact) mass is 258 g/mol. The minimum absolute atomic E-state index is 0. The fourth-order valence-electron chi connectivity index (χ4n) is 1.37. The van der Waals surface area contributed by atoms with Gasteiger partial charge in [0.2, 0.25) is 0 Å². The molecule has 0 saturated carbocycles. The molecule has 0 aliphatic heterocycles. The van der Waals surface area contributed by atoms with Crippen molar-refractivity contribution in [2.24, 2.45) is 0 Å². The van der Waals surface area contributed by atoms with E-state index in [1.54, 1.807) is 0 Å². The predicted octanol–water partition coefficient (Wildman–Crippen LogP) is -0.174. The number of hydrogen-bond donors (Lipinski definition) is 0. The summed E-state index contributed by atoms with van der Waals surface area (Å²) >= 11 is 0. The van der Waals surface area contributed by atoms with Crippen LogP contribution in [-0.4, -0.2) is 23.1 Å². The molecule has 2 aromatic rings. The van der Waals surface area contributed by atoms with Gasteiger partial charge in [-0.25, -0.2) is 0 Å². The van der Waals surface area contributed by atoms with Crippen LogP contribution in [0.15, 0.2) is 36.4 Å². The van der Waals surface area contributed by atoms with Crippen molar-refractivity contribution in [3.63, 3.8) is 0 Å². The predicted molar refractivity (Wildman–Crippen MR) is 57.9 cm³/mol. The van der Waals surface area contributed by atoms with Crippen molar-refractivity contribution in [1.29, 1.82) is 0 Å². The Morgan fingerprint density at radius 2 is 1.79 bits per heavy atom. The Bertz CT molecular complexity index is 398. The van der Waals surface area contributed by atoms with Crippen LogP contribution in [0.3, 0.4) is 0 Å². The summed E-state index contributed by atoms with van der Waals surface area (Å²) in [7, 11) is 0. The van der Waals surface area contributed by atoms with Crippen molar-refractivity contribution in [3.8, 4) is 0 Å². The summed E-state index contributed by atoms with van der Waals surface area (Å²) in [4.78, 5) is 0. The Hall–Kier alpha value is -0.0538. The SMILES string of the molecule is CCc1[c-]c2ccccc2cc1.[Br-].[Mg+2]. The molecule has 2 rings (SSSR count). The van der Waals surface area contributed by atoms with E-state index in [9.17, 15) is 0 Å². The molecular weight excluding hydrogens is 248 g/mol. The van der Waals surface area contributed by atoms with E-state index in [1.807, 2.05) is 0 Å². The molecule has 0 aliphatic rings. The number of fused-ring (bicyclic) bond motifs is 1. The zero-order valence-corrected chi connectivity index (χ0v) is 11.3. The van der Waals surface area contributed by atoms with Crippen molar-refractivity contribution < 1.29 is 17.0 Å². The van der Waals surface area contributed by atoms with Gasteiger partial charge in [-0.05, 0) is 6.42 Å². The van der Waals surface area contributed by atoms with Gasteiger partial charge in [0.1, 0.15) is 0 Å². The Kier molecular flexibility index (Phi) is 6.41. The molecule has 2 heteroatoms. The van der Waals surface area contributed by atoms with Crippen molar-refractivity contribution in [2.45, 2.75) is 13.3 Å². The molecule has 68 valence electrons. The van der Waals surface area contributed by atoms with E-state index < -0.39 is 0 Å². The second kappa shape index (κ2) is 6.43. The second-order valence-corrected chi connectivity index (χ2v) is 2.92. The van der Waals surface area contributed by atoms with Gasteiger partial charge < -0.3 is 17.0 Å². The first-order valence-electron chi connectivity index (χ1n) is 4.30. The van der Waals surface area contributed by atoms with Crippen LogP contribution in [0.1, 0.15) is 12.5 Å². The third kappa shape index (κ3) is 2.97. The summed E-state index contributed by atoms with van der Waals surface area (Å²) in [5.41, 5.74) is 1.29. The Labute approximate surface area is 112 Å². The summed E-state index contributed by atoms with van der Waals surface area (Å²) < 4.78 is 0. The summed E-state index contributed by atoms with van der Waals surface area (Å²) in [6.45, 7) is 2.15. The van der Waals surface area contributed by atoms with Gasteiger partial charge in [-0.3, -0.25) is 0 Å². The molecule has 0 N–H and O–H groups in total. The van der Waals surface area contributed by atoms with Gasteiger partial charge >= 0.3 is 23.1 Å². The van der Waals surface area contributed by atoms with Crippen molar-refractivity contribution in [3.05, 3.63) is 48.0 Å². The first kappa shape index (κ1) is 13.9. The van der Waals surface area contributed by atoms with E-state index >= 15 is 0 Å². The zero-order valence-electron chi connectivity index (χ0n) is 8.26.